The van der Waals surface area contributed by atoms with Gasteiger partial charge in [0.15, 0.2) is 0 Å². The van der Waals surface area contributed by atoms with Gasteiger partial charge in [-0.05, 0) is 19.3 Å². The van der Waals surface area contributed by atoms with Crippen molar-refractivity contribution in [2.24, 2.45) is 0 Å². The summed E-state index contributed by atoms with van der Waals surface area (Å²) in [5, 5.41) is 0. The molecule has 0 aliphatic heterocycles. The van der Waals surface area contributed by atoms with Gasteiger partial charge in [0.25, 0.3) is 0 Å². The van der Waals surface area contributed by atoms with Crippen LogP contribution in [0.1, 0.15) is 78.6 Å². The summed E-state index contributed by atoms with van der Waals surface area (Å²) in [6, 6.07) is 0. The molecule has 0 bridgehead atoms. The summed E-state index contributed by atoms with van der Waals surface area (Å²) in [4.78, 5) is 0. The van der Waals surface area contributed by atoms with Crippen LogP contribution in [0.4, 0.5) is 0 Å². The number of rotatable bonds is 12. The Morgan fingerprint density at radius 1 is 0.579 bits per heavy atom. The van der Waals surface area contributed by atoms with Crippen molar-refractivity contribution in [1.82, 2.24) is 0 Å². The molecular formula is C18H33Si. The minimum Gasteiger partial charge on any atom is -0.0922 e. The Bertz CT molecular complexity index is 208. The van der Waals surface area contributed by atoms with E-state index in [1.165, 1.54) is 57.8 Å². The van der Waals surface area contributed by atoms with E-state index in [0.29, 0.717) is 0 Å². The SMILES string of the molecule is CCCCC=C[Si](C=CCCCC)C=CCCCC. The summed E-state index contributed by atoms with van der Waals surface area (Å²) >= 11 is 0. The molecule has 0 rings (SSSR count). The van der Waals surface area contributed by atoms with Gasteiger partial charge in [0.1, 0.15) is 8.80 Å². The lowest BCUT2D eigenvalue weighted by Crippen LogP contribution is -2.01. The number of allylic oxidation sites excluding steroid dienone is 3. The molecule has 0 saturated carbocycles. The summed E-state index contributed by atoms with van der Waals surface area (Å²) in [5.74, 6) is 0. The molecule has 0 heterocycles. The predicted octanol–water partition coefficient (Wildman–Crippen LogP) is 6.34. The Morgan fingerprint density at radius 3 is 1.16 bits per heavy atom. The van der Waals surface area contributed by atoms with Crippen LogP contribution in [0.2, 0.25) is 0 Å². The van der Waals surface area contributed by atoms with Gasteiger partial charge < -0.3 is 0 Å². The summed E-state index contributed by atoms with van der Waals surface area (Å²) in [5.41, 5.74) is 7.39. The zero-order chi connectivity index (χ0) is 14.2. The first-order valence-electron chi connectivity index (χ1n) is 8.21. The molecule has 0 aliphatic rings. The topological polar surface area (TPSA) is 0 Å². The largest absolute Gasteiger partial charge is 0.130 e. The molecule has 0 saturated heterocycles. The van der Waals surface area contributed by atoms with Crippen LogP contribution >= 0.6 is 0 Å². The Labute approximate surface area is 123 Å². The average molecular weight is 278 g/mol. The van der Waals surface area contributed by atoms with Crippen molar-refractivity contribution in [1.29, 1.82) is 0 Å². The van der Waals surface area contributed by atoms with Crippen LogP contribution in [-0.2, 0) is 0 Å². The fourth-order valence-corrected chi connectivity index (χ4v) is 3.44. The monoisotopic (exact) mass is 277 g/mol. The molecule has 1 radical (unpaired) electrons. The van der Waals surface area contributed by atoms with Crippen LogP contribution < -0.4 is 0 Å². The maximum atomic E-state index is 2.46. The van der Waals surface area contributed by atoms with E-state index in [1.807, 2.05) is 0 Å². The Hall–Kier alpha value is -0.563. The van der Waals surface area contributed by atoms with Gasteiger partial charge in [-0.2, -0.15) is 0 Å². The Morgan fingerprint density at radius 2 is 0.895 bits per heavy atom. The van der Waals surface area contributed by atoms with Crippen molar-refractivity contribution < 1.29 is 0 Å². The van der Waals surface area contributed by atoms with Crippen molar-refractivity contribution in [2.45, 2.75) is 78.6 Å². The summed E-state index contributed by atoms with van der Waals surface area (Å²) in [6.07, 6.45) is 18.8. The highest BCUT2D eigenvalue weighted by atomic mass is 28.3. The van der Waals surface area contributed by atoms with Gasteiger partial charge in [-0.3, -0.25) is 0 Å². The van der Waals surface area contributed by atoms with Gasteiger partial charge in [0.2, 0.25) is 0 Å². The average Bonchev–Trinajstić information content (AvgIpc) is 2.43. The van der Waals surface area contributed by atoms with Crippen LogP contribution in [0.3, 0.4) is 0 Å². The summed E-state index contributed by atoms with van der Waals surface area (Å²) in [7, 11) is -0.528. The Kier molecular flexibility index (Phi) is 15.0. The Balaban J connectivity index is 4.16. The fraction of sp³-hybridized carbons (Fsp3) is 0.667. The maximum absolute atomic E-state index is 2.46. The van der Waals surface area contributed by atoms with Crippen molar-refractivity contribution in [3.05, 3.63) is 35.3 Å². The van der Waals surface area contributed by atoms with E-state index in [1.54, 1.807) is 0 Å². The molecular weight excluding hydrogens is 244 g/mol. The maximum Gasteiger partial charge on any atom is 0.130 e. The molecule has 1 heteroatoms. The number of hydrogen-bond donors (Lipinski definition) is 0. The van der Waals surface area contributed by atoms with E-state index in [0.717, 1.165) is 0 Å². The number of unbranched alkanes of at least 4 members (excludes halogenated alkanes) is 6. The van der Waals surface area contributed by atoms with E-state index in [2.05, 4.69) is 56.1 Å². The van der Waals surface area contributed by atoms with E-state index in [9.17, 15) is 0 Å². The first kappa shape index (κ1) is 18.4. The third-order valence-electron chi connectivity index (χ3n) is 3.10. The van der Waals surface area contributed by atoms with Crippen LogP contribution in [0, 0.1) is 0 Å². The van der Waals surface area contributed by atoms with Gasteiger partial charge in [0.05, 0.1) is 0 Å². The molecule has 0 amide bonds. The fourth-order valence-electron chi connectivity index (χ4n) is 1.79. The minimum absolute atomic E-state index is 0.528. The molecule has 0 spiro atoms. The molecule has 0 aliphatic carbocycles. The van der Waals surface area contributed by atoms with Crippen molar-refractivity contribution in [2.75, 3.05) is 0 Å². The third kappa shape index (κ3) is 13.7. The van der Waals surface area contributed by atoms with Crippen LogP contribution in [0.15, 0.2) is 35.3 Å². The first-order chi connectivity index (χ1) is 9.35. The van der Waals surface area contributed by atoms with E-state index >= 15 is 0 Å². The molecule has 0 aromatic heterocycles. The molecule has 0 aromatic rings. The first-order valence-corrected chi connectivity index (χ1v) is 9.94. The van der Waals surface area contributed by atoms with Crippen molar-refractivity contribution in [3.8, 4) is 0 Å². The zero-order valence-electron chi connectivity index (χ0n) is 13.3. The lowest BCUT2D eigenvalue weighted by molar-refractivity contribution is 0.814. The van der Waals surface area contributed by atoms with Crippen LogP contribution in [-0.4, -0.2) is 8.80 Å². The normalized spacial score (nSPS) is 12.6. The molecule has 0 aromatic carbocycles. The van der Waals surface area contributed by atoms with E-state index in [-0.39, 0.29) is 0 Å². The standard InChI is InChI=1S/C18H33Si/c1-4-7-10-13-16-19(17-14-11-8-5-2)18-15-12-9-6-3/h13-18H,4-12H2,1-3H3. The molecule has 0 unspecified atom stereocenters. The second kappa shape index (κ2) is 15.5. The van der Waals surface area contributed by atoms with Gasteiger partial charge >= 0.3 is 0 Å². The summed E-state index contributed by atoms with van der Waals surface area (Å²) in [6.45, 7) is 6.78. The lowest BCUT2D eigenvalue weighted by atomic mass is 10.2. The summed E-state index contributed by atoms with van der Waals surface area (Å²) < 4.78 is 0. The molecule has 19 heavy (non-hydrogen) atoms. The highest BCUT2D eigenvalue weighted by molar-refractivity contribution is 6.74. The predicted molar refractivity (Wildman–Crippen MR) is 91.7 cm³/mol. The second-order valence-electron chi connectivity index (χ2n) is 5.13. The molecule has 0 N–H and O–H groups in total. The highest BCUT2D eigenvalue weighted by Crippen LogP contribution is 2.03. The smallest absolute Gasteiger partial charge is 0.0922 e. The second-order valence-corrected chi connectivity index (χ2v) is 7.13. The number of hydrogen-bond acceptors (Lipinski definition) is 0. The van der Waals surface area contributed by atoms with E-state index < -0.39 is 8.80 Å². The van der Waals surface area contributed by atoms with Crippen molar-refractivity contribution >= 4 is 8.80 Å². The van der Waals surface area contributed by atoms with E-state index in [4.69, 9.17) is 0 Å². The third-order valence-corrected chi connectivity index (χ3v) is 4.97. The van der Waals surface area contributed by atoms with Gasteiger partial charge in [-0.1, -0.05) is 94.6 Å². The van der Waals surface area contributed by atoms with Gasteiger partial charge in [-0.25, -0.2) is 0 Å². The zero-order valence-corrected chi connectivity index (χ0v) is 14.3. The van der Waals surface area contributed by atoms with Crippen LogP contribution in [0.5, 0.6) is 0 Å². The molecule has 0 fully saturated rings. The van der Waals surface area contributed by atoms with Crippen molar-refractivity contribution in [3.63, 3.8) is 0 Å². The quantitative estimate of drug-likeness (QED) is 0.288. The molecule has 109 valence electrons. The van der Waals surface area contributed by atoms with Gasteiger partial charge in [-0.15, -0.1) is 0 Å². The van der Waals surface area contributed by atoms with Gasteiger partial charge in [0, 0.05) is 0 Å². The van der Waals surface area contributed by atoms with Crippen LogP contribution in [0.25, 0.3) is 0 Å². The highest BCUT2D eigenvalue weighted by Gasteiger charge is 1.96. The minimum atomic E-state index is -0.528. The lowest BCUT2D eigenvalue weighted by Gasteiger charge is -1.99. The molecule has 0 nitrogen and oxygen atoms in total. The molecule has 0 atom stereocenters.